The van der Waals surface area contributed by atoms with Crippen LogP contribution in [-0.4, -0.2) is 16.3 Å². The average Bonchev–Trinajstić information content (AvgIpc) is 2.66. The fraction of sp³-hybridized carbons (Fsp3) is 0. The van der Waals surface area contributed by atoms with Gasteiger partial charge in [0, 0.05) is 10.0 Å². The molecule has 0 atom stereocenters. The lowest BCUT2D eigenvalue weighted by atomic mass is 10.2. The van der Waals surface area contributed by atoms with Gasteiger partial charge in [0.1, 0.15) is 5.82 Å². The lowest BCUT2D eigenvalue weighted by Gasteiger charge is -2.00. The summed E-state index contributed by atoms with van der Waals surface area (Å²) in [5.74, 6) is -0.0676. The van der Waals surface area contributed by atoms with Crippen LogP contribution in [-0.2, 0) is 0 Å². The summed E-state index contributed by atoms with van der Waals surface area (Å²) in [5, 5.41) is 0. The standard InChI is InChI=1S/C10H6BrFN2O/c11-8-3-6(12)1-2-7(8)9-4-13-10(5-15)14-9/h1-5H,(H,13,14). The number of aromatic amines is 1. The molecule has 0 radical (unpaired) electrons. The number of imidazole rings is 1. The molecular weight excluding hydrogens is 263 g/mol. The zero-order chi connectivity index (χ0) is 10.8. The van der Waals surface area contributed by atoms with Gasteiger partial charge in [-0.3, -0.25) is 4.79 Å². The first-order valence-corrected chi connectivity index (χ1v) is 4.95. The molecule has 76 valence electrons. The second kappa shape index (κ2) is 3.94. The van der Waals surface area contributed by atoms with E-state index in [-0.39, 0.29) is 11.6 Å². The van der Waals surface area contributed by atoms with Gasteiger partial charge in [0.2, 0.25) is 0 Å². The van der Waals surface area contributed by atoms with Crippen LogP contribution in [0, 0.1) is 5.82 Å². The third kappa shape index (κ3) is 1.97. The number of nitrogens with zero attached hydrogens (tertiary/aromatic N) is 1. The van der Waals surface area contributed by atoms with Crippen molar-refractivity contribution in [3.05, 3.63) is 40.5 Å². The molecule has 15 heavy (non-hydrogen) atoms. The van der Waals surface area contributed by atoms with Crippen LogP contribution in [0.2, 0.25) is 0 Å². The molecule has 1 N–H and O–H groups in total. The van der Waals surface area contributed by atoms with E-state index < -0.39 is 0 Å². The molecule has 0 saturated heterocycles. The van der Waals surface area contributed by atoms with Gasteiger partial charge in [0.05, 0.1) is 11.9 Å². The normalized spacial score (nSPS) is 10.3. The highest BCUT2D eigenvalue weighted by Crippen LogP contribution is 2.27. The summed E-state index contributed by atoms with van der Waals surface area (Å²) < 4.78 is 13.4. The highest BCUT2D eigenvalue weighted by Gasteiger charge is 2.07. The highest BCUT2D eigenvalue weighted by molar-refractivity contribution is 9.10. The Balaban J connectivity index is 2.49. The molecular formula is C10H6BrFN2O. The van der Waals surface area contributed by atoms with Crippen LogP contribution in [0.3, 0.4) is 0 Å². The first-order chi connectivity index (χ1) is 7.20. The molecule has 0 aliphatic carbocycles. The minimum atomic E-state index is -0.319. The summed E-state index contributed by atoms with van der Waals surface area (Å²) >= 11 is 3.24. The van der Waals surface area contributed by atoms with E-state index in [1.165, 1.54) is 18.3 Å². The molecule has 0 unspecified atom stereocenters. The van der Waals surface area contributed by atoms with Crippen molar-refractivity contribution in [3.8, 4) is 11.3 Å². The molecule has 0 spiro atoms. The minimum Gasteiger partial charge on any atom is -0.336 e. The van der Waals surface area contributed by atoms with Crippen molar-refractivity contribution in [2.24, 2.45) is 0 Å². The van der Waals surface area contributed by atoms with Crippen molar-refractivity contribution in [1.82, 2.24) is 9.97 Å². The number of nitrogens with one attached hydrogen (secondary N) is 1. The van der Waals surface area contributed by atoms with Gasteiger partial charge in [-0.05, 0) is 34.1 Å². The second-order valence-corrected chi connectivity index (χ2v) is 3.78. The van der Waals surface area contributed by atoms with Crippen molar-refractivity contribution < 1.29 is 9.18 Å². The number of hydrogen-bond acceptors (Lipinski definition) is 2. The molecule has 0 aliphatic rings. The molecule has 0 amide bonds. The monoisotopic (exact) mass is 268 g/mol. The van der Waals surface area contributed by atoms with Crippen LogP contribution in [0.25, 0.3) is 11.3 Å². The summed E-state index contributed by atoms with van der Waals surface area (Å²) in [6, 6.07) is 4.32. The van der Waals surface area contributed by atoms with Crippen molar-refractivity contribution in [2.75, 3.05) is 0 Å². The van der Waals surface area contributed by atoms with Gasteiger partial charge >= 0.3 is 0 Å². The van der Waals surface area contributed by atoms with Gasteiger partial charge < -0.3 is 4.98 Å². The molecule has 1 aromatic heterocycles. The number of rotatable bonds is 2. The van der Waals surface area contributed by atoms with Crippen LogP contribution < -0.4 is 0 Å². The van der Waals surface area contributed by atoms with Crippen molar-refractivity contribution in [3.63, 3.8) is 0 Å². The van der Waals surface area contributed by atoms with Gasteiger partial charge in [-0.1, -0.05) is 0 Å². The Kier molecular flexibility index (Phi) is 2.64. The Morgan fingerprint density at radius 1 is 1.47 bits per heavy atom. The fourth-order valence-corrected chi connectivity index (χ4v) is 1.81. The SMILES string of the molecule is O=Cc1ncc(-c2ccc(F)cc2Br)[nH]1. The van der Waals surface area contributed by atoms with Gasteiger partial charge in [-0.15, -0.1) is 0 Å². The van der Waals surface area contributed by atoms with E-state index in [0.29, 0.717) is 16.5 Å². The number of halogens is 2. The maximum Gasteiger partial charge on any atom is 0.185 e. The van der Waals surface area contributed by atoms with Gasteiger partial charge in [0.25, 0.3) is 0 Å². The predicted octanol–water partition coefficient (Wildman–Crippen LogP) is 2.79. The zero-order valence-electron chi connectivity index (χ0n) is 7.50. The highest BCUT2D eigenvalue weighted by atomic mass is 79.9. The molecule has 0 aliphatic heterocycles. The van der Waals surface area contributed by atoms with Crippen LogP contribution in [0.15, 0.2) is 28.9 Å². The molecule has 0 bridgehead atoms. The zero-order valence-corrected chi connectivity index (χ0v) is 9.08. The maximum atomic E-state index is 12.8. The summed E-state index contributed by atoms with van der Waals surface area (Å²) in [7, 11) is 0. The van der Waals surface area contributed by atoms with Crippen molar-refractivity contribution >= 4 is 22.2 Å². The van der Waals surface area contributed by atoms with E-state index in [9.17, 15) is 9.18 Å². The Labute approximate surface area is 93.5 Å². The number of aldehydes is 1. The first kappa shape index (κ1) is 10.0. The molecule has 3 nitrogen and oxygen atoms in total. The van der Waals surface area contributed by atoms with E-state index in [2.05, 4.69) is 25.9 Å². The Morgan fingerprint density at radius 2 is 2.27 bits per heavy atom. The van der Waals surface area contributed by atoms with Gasteiger partial charge in [0.15, 0.2) is 12.1 Å². The van der Waals surface area contributed by atoms with E-state index in [4.69, 9.17) is 0 Å². The maximum absolute atomic E-state index is 12.8. The van der Waals surface area contributed by atoms with Crippen molar-refractivity contribution in [2.45, 2.75) is 0 Å². The second-order valence-electron chi connectivity index (χ2n) is 2.92. The van der Waals surface area contributed by atoms with Crippen LogP contribution in [0.4, 0.5) is 4.39 Å². The lowest BCUT2D eigenvalue weighted by Crippen LogP contribution is -1.84. The van der Waals surface area contributed by atoms with E-state index >= 15 is 0 Å². The molecule has 1 heterocycles. The van der Waals surface area contributed by atoms with Gasteiger partial charge in [-0.25, -0.2) is 9.37 Å². The molecule has 0 saturated carbocycles. The fourth-order valence-electron chi connectivity index (χ4n) is 1.24. The van der Waals surface area contributed by atoms with Crippen LogP contribution >= 0.6 is 15.9 Å². The molecule has 5 heteroatoms. The van der Waals surface area contributed by atoms with Crippen LogP contribution in [0.5, 0.6) is 0 Å². The minimum absolute atomic E-state index is 0.251. The first-order valence-electron chi connectivity index (χ1n) is 4.16. The largest absolute Gasteiger partial charge is 0.336 e. The Morgan fingerprint density at radius 3 is 2.87 bits per heavy atom. The van der Waals surface area contributed by atoms with E-state index in [1.54, 1.807) is 6.07 Å². The molecule has 2 rings (SSSR count). The number of H-pyrrole nitrogens is 1. The van der Waals surface area contributed by atoms with E-state index in [0.717, 1.165) is 5.56 Å². The predicted molar refractivity (Wildman–Crippen MR) is 57.1 cm³/mol. The quantitative estimate of drug-likeness (QED) is 0.852. The Hall–Kier alpha value is -1.49. The van der Waals surface area contributed by atoms with Crippen molar-refractivity contribution in [1.29, 1.82) is 0 Å². The summed E-state index contributed by atoms with van der Waals surface area (Å²) in [6.07, 6.45) is 2.16. The lowest BCUT2D eigenvalue weighted by molar-refractivity contribution is 0.111. The summed E-state index contributed by atoms with van der Waals surface area (Å²) in [5.41, 5.74) is 1.43. The third-order valence-corrected chi connectivity index (χ3v) is 2.58. The van der Waals surface area contributed by atoms with Crippen LogP contribution in [0.1, 0.15) is 10.6 Å². The number of benzene rings is 1. The molecule has 2 aromatic rings. The summed E-state index contributed by atoms with van der Waals surface area (Å²) in [4.78, 5) is 17.1. The molecule has 0 fully saturated rings. The number of aromatic nitrogens is 2. The number of carbonyl (C=O) groups is 1. The third-order valence-electron chi connectivity index (χ3n) is 1.93. The Bertz CT molecular complexity index is 510. The average molecular weight is 269 g/mol. The number of carbonyl (C=O) groups excluding carboxylic acids is 1. The molecule has 1 aromatic carbocycles. The smallest absolute Gasteiger partial charge is 0.185 e. The topological polar surface area (TPSA) is 45.8 Å². The van der Waals surface area contributed by atoms with Gasteiger partial charge in [-0.2, -0.15) is 0 Å². The van der Waals surface area contributed by atoms with E-state index in [1.807, 2.05) is 0 Å². The number of hydrogen-bond donors (Lipinski definition) is 1. The summed E-state index contributed by atoms with van der Waals surface area (Å²) in [6.45, 7) is 0.